The fraction of sp³-hybridized carbons (Fsp3) is 0.833. The number of carbonyl (C=O) groups is 4. The Kier molecular flexibility index (Phi) is 13.5. The molecule has 0 aliphatic carbocycles. The number of nitrogens with one attached hydrogen (secondary N) is 1. The number of amides is 4. The lowest BCUT2D eigenvalue weighted by Crippen LogP contribution is -2.60. The minimum Gasteiger partial charge on any atom is -0.342 e. The summed E-state index contributed by atoms with van der Waals surface area (Å²) in [5, 5.41) is 3.15. The van der Waals surface area contributed by atoms with Gasteiger partial charge in [0.1, 0.15) is 12.1 Å². The quantitative estimate of drug-likeness (QED) is 0.363. The predicted molar refractivity (Wildman–Crippen MR) is 180 cm³/mol. The first-order chi connectivity index (χ1) is 21.1. The largest absolute Gasteiger partial charge is 0.342 e. The number of nitrogens with zero attached hydrogens (tertiary/aromatic N) is 4. The molecular formula is C36H63N5O4. The molecule has 0 unspecified atom stereocenters. The van der Waals surface area contributed by atoms with Crippen LogP contribution in [-0.4, -0.2) is 107 Å². The van der Waals surface area contributed by atoms with E-state index in [9.17, 15) is 19.2 Å². The van der Waals surface area contributed by atoms with Crippen LogP contribution in [0.25, 0.3) is 0 Å². The normalized spacial score (nSPS) is 23.8. The maximum atomic E-state index is 14.2. The molecular weight excluding hydrogens is 566 g/mol. The zero-order valence-corrected chi connectivity index (χ0v) is 29.9. The average Bonchev–Trinajstić information content (AvgIpc) is 3.46. The highest BCUT2D eigenvalue weighted by molar-refractivity contribution is 5.97. The monoisotopic (exact) mass is 629 g/mol. The lowest BCUT2D eigenvalue weighted by atomic mass is 9.84. The Morgan fingerprint density at radius 2 is 1.38 bits per heavy atom. The van der Waals surface area contributed by atoms with Crippen molar-refractivity contribution in [1.29, 1.82) is 0 Å². The van der Waals surface area contributed by atoms with Gasteiger partial charge in [-0.25, -0.2) is 0 Å². The first-order valence-corrected chi connectivity index (χ1v) is 17.8. The molecule has 0 radical (unpaired) electrons. The van der Waals surface area contributed by atoms with Crippen LogP contribution in [-0.2, 0) is 19.2 Å². The first kappa shape index (κ1) is 37.0. The van der Waals surface area contributed by atoms with Crippen LogP contribution in [0.1, 0.15) is 120 Å². The van der Waals surface area contributed by atoms with Gasteiger partial charge in [0.05, 0.1) is 12.1 Å². The average molecular weight is 630 g/mol. The number of hydrogen-bond donors (Lipinski definition) is 1. The standard InChI is InChI=1S/C36H63N5O4/c1-25(2)30(24-27(5)33(43)41-23-17-19-29(41)34(44)39-20-14-11-10-12-15-21-39)38(9)35(45)31(36(6,7)8)37-32(42)28-18-13-16-22-40(28)26(3)4/h24-26,28-31H,10-23H2,1-9H3,(H,37,42)/t28-,29+,30-,31-/m1/s1. The summed E-state index contributed by atoms with van der Waals surface area (Å²) in [4.78, 5) is 62.9. The van der Waals surface area contributed by atoms with Crippen LogP contribution in [0.5, 0.6) is 0 Å². The summed E-state index contributed by atoms with van der Waals surface area (Å²) >= 11 is 0. The van der Waals surface area contributed by atoms with Gasteiger partial charge < -0.3 is 20.0 Å². The van der Waals surface area contributed by atoms with Crippen LogP contribution in [0.2, 0.25) is 0 Å². The van der Waals surface area contributed by atoms with Gasteiger partial charge in [0.2, 0.25) is 23.6 Å². The minimum atomic E-state index is -0.713. The van der Waals surface area contributed by atoms with E-state index in [1.54, 1.807) is 23.8 Å². The summed E-state index contributed by atoms with van der Waals surface area (Å²) in [6.07, 6.45) is 11.9. The molecule has 0 aromatic rings. The Bertz CT molecular complexity index is 1060. The lowest BCUT2D eigenvalue weighted by Gasteiger charge is -2.41. The van der Waals surface area contributed by atoms with E-state index in [-0.39, 0.29) is 47.7 Å². The summed E-state index contributed by atoms with van der Waals surface area (Å²) in [5.41, 5.74) is 0.0380. The van der Waals surface area contributed by atoms with Crippen LogP contribution in [0.4, 0.5) is 0 Å². The number of rotatable bonds is 9. The van der Waals surface area contributed by atoms with E-state index in [1.807, 2.05) is 45.6 Å². The third kappa shape index (κ3) is 9.55. The molecule has 45 heavy (non-hydrogen) atoms. The highest BCUT2D eigenvalue weighted by Gasteiger charge is 2.41. The van der Waals surface area contributed by atoms with Crippen molar-refractivity contribution in [3.8, 4) is 0 Å². The molecule has 3 fully saturated rings. The summed E-state index contributed by atoms with van der Waals surface area (Å²) < 4.78 is 0. The van der Waals surface area contributed by atoms with E-state index in [4.69, 9.17) is 0 Å². The third-order valence-electron chi connectivity index (χ3n) is 10.1. The molecule has 3 aliphatic heterocycles. The first-order valence-electron chi connectivity index (χ1n) is 17.8. The molecule has 9 heteroatoms. The van der Waals surface area contributed by atoms with Crippen molar-refractivity contribution in [2.45, 2.75) is 150 Å². The van der Waals surface area contributed by atoms with Crippen molar-refractivity contribution in [3.05, 3.63) is 11.6 Å². The minimum absolute atomic E-state index is 0.0323. The summed E-state index contributed by atoms with van der Waals surface area (Å²) in [5.74, 6) is -0.260. The SMILES string of the molecule is CC(=C[C@H](C(C)C)N(C)C(=O)[C@@H](NC(=O)[C@H]1CCCCN1C(C)C)C(C)(C)C)C(=O)N1CCC[C@H]1C(=O)N1CCCCCCC1. The molecule has 256 valence electrons. The Balaban J connectivity index is 1.77. The van der Waals surface area contributed by atoms with Gasteiger partial charge in [0.25, 0.3) is 0 Å². The maximum Gasteiger partial charge on any atom is 0.249 e. The predicted octanol–water partition coefficient (Wildman–Crippen LogP) is 4.99. The van der Waals surface area contributed by atoms with E-state index in [0.717, 1.165) is 71.0 Å². The van der Waals surface area contributed by atoms with Crippen molar-refractivity contribution in [2.75, 3.05) is 33.2 Å². The zero-order chi connectivity index (χ0) is 33.5. The molecule has 4 amide bonds. The molecule has 1 N–H and O–H groups in total. The van der Waals surface area contributed by atoms with Gasteiger partial charge in [-0.15, -0.1) is 0 Å². The van der Waals surface area contributed by atoms with Gasteiger partial charge in [-0.05, 0) is 77.2 Å². The highest BCUT2D eigenvalue weighted by Crippen LogP contribution is 2.27. The lowest BCUT2D eigenvalue weighted by molar-refractivity contribution is -0.142. The zero-order valence-electron chi connectivity index (χ0n) is 29.9. The Hall–Kier alpha value is -2.42. The summed E-state index contributed by atoms with van der Waals surface area (Å²) in [6.45, 7) is 19.1. The molecule has 3 rings (SSSR count). The molecule has 0 bridgehead atoms. The number of likely N-dealkylation sites (tertiary alicyclic amines) is 3. The summed E-state index contributed by atoms with van der Waals surface area (Å²) in [7, 11) is 1.78. The van der Waals surface area contributed by atoms with Crippen LogP contribution >= 0.6 is 0 Å². The summed E-state index contributed by atoms with van der Waals surface area (Å²) in [6, 6.07) is -1.46. The molecule has 3 aliphatic rings. The number of piperidine rings is 1. The highest BCUT2D eigenvalue weighted by atomic mass is 16.2. The van der Waals surface area contributed by atoms with Crippen LogP contribution in [0.15, 0.2) is 11.6 Å². The van der Waals surface area contributed by atoms with E-state index in [1.165, 1.54) is 6.42 Å². The fourth-order valence-corrected chi connectivity index (χ4v) is 7.34. The second-order valence-electron chi connectivity index (χ2n) is 15.4. The van der Waals surface area contributed by atoms with Crippen molar-refractivity contribution in [1.82, 2.24) is 24.9 Å². The van der Waals surface area contributed by atoms with Gasteiger partial charge in [-0.3, -0.25) is 24.1 Å². The Morgan fingerprint density at radius 1 is 0.800 bits per heavy atom. The maximum absolute atomic E-state index is 14.2. The van der Waals surface area contributed by atoms with Crippen LogP contribution in [0.3, 0.4) is 0 Å². The molecule has 0 aromatic carbocycles. The Morgan fingerprint density at radius 3 is 1.96 bits per heavy atom. The van der Waals surface area contributed by atoms with Gasteiger partial charge in [-0.2, -0.15) is 0 Å². The second kappa shape index (κ2) is 16.4. The van der Waals surface area contributed by atoms with E-state index >= 15 is 0 Å². The Labute approximate surface area is 273 Å². The van der Waals surface area contributed by atoms with Crippen molar-refractivity contribution < 1.29 is 19.2 Å². The van der Waals surface area contributed by atoms with Crippen molar-refractivity contribution >= 4 is 23.6 Å². The third-order valence-corrected chi connectivity index (χ3v) is 10.1. The van der Waals surface area contributed by atoms with Crippen LogP contribution in [0, 0.1) is 11.3 Å². The van der Waals surface area contributed by atoms with Gasteiger partial charge in [-0.1, -0.05) is 66.4 Å². The molecule has 0 spiro atoms. The fourth-order valence-electron chi connectivity index (χ4n) is 7.34. The molecule has 3 saturated heterocycles. The van der Waals surface area contributed by atoms with Gasteiger partial charge >= 0.3 is 0 Å². The molecule has 9 nitrogen and oxygen atoms in total. The molecule has 0 saturated carbocycles. The number of hydrogen-bond acceptors (Lipinski definition) is 5. The van der Waals surface area contributed by atoms with Crippen molar-refractivity contribution in [3.63, 3.8) is 0 Å². The number of carbonyl (C=O) groups excluding carboxylic acids is 4. The van der Waals surface area contributed by atoms with Gasteiger partial charge in [0.15, 0.2) is 0 Å². The molecule has 3 heterocycles. The van der Waals surface area contributed by atoms with Crippen LogP contribution < -0.4 is 5.32 Å². The molecule has 4 atom stereocenters. The van der Waals surface area contributed by atoms with Crippen molar-refractivity contribution in [2.24, 2.45) is 11.3 Å². The van der Waals surface area contributed by atoms with E-state index in [0.29, 0.717) is 18.5 Å². The van der Waals surface area contributed by atoms with E-state index < -0.39 is 17.5 Å². The topological polar surface area (TPSA) is 93.3 Å². The molecule has 0 aromatic heterocycles. The van der Waals surface area contributed by atoms with E-state index in [2.05, 4.69) is 24.1 Å². The second-order valence-corrected chi connectivity index (χ2v) is 15.4. The number of likely N-dealkylation sites (N-methyl/N-ethyl adjacent to an activating group) is 1. The van der Waals surface area contributed by atoms with Gasteiger partial charge in [0, 0.05) is 38.3 Å². The smallest absolute Gasteiger partial charge is 0.249 e.